The second-order valence-electron chi connectivity index (χ2n) is 4.72. The molecule has 90 valence electrons. The van der Waals surface area contributed by atoms with Crippen LogP contribution < -0.4 is 0 Å². The zero-order chi connectivity index (χ0) is 12.1. The molecule has 2 heteroatoms. The molecule has 1 N–H and O–H groups in total. The third-order valence-electron chi connectivity index (χ3n) is 3.58. The van der Waals surface area contributed by atoms with Gasteiger partial charge >= 0.3 is 0 Å². The van der Waals surface area contributed by atoms with Crippen molar-refractivity contribution in [1.82, 2.24) is 4.90 Å². The Morgan fingerprint density at radius 2 is 1.80 bits per heavy atom. The first-order valence-corrected chi connectivity index (χ1v) is 5.90. The highest BCUT2D eigenvalue weighted by atomic mass is 16.3. The smallest absolute Gasteiger partial charge is 0.0726 e. The molecule has 0 saturated heterocycles. The van der Waals surface area contributed by atoms with Crippen molar-refractivity contribution < 1.29 is 5.11 Å². The second kappa shape index (κ2) is 6.29. The number of likely N-dealkylation sites (N-methyl/N-ethyl adjacent to an activating group) is 1. The Kier molecular flexibility index (Phi) is 6.15. The summed E-state index contributed by atoms with van der Waals surface area (Å²) in [7, 11) is 4.11. The van der Waals surface area contributed by atoms with E-state index in [1.165, 1.54) is 0 Å². The normalized spacial score (nSPS) is 14.3. The van der Waals surface area contributed by atoms with Crippen molar-refractivity contribution in [2.45, 2.75) is 58.1 Å². The fourth-order valence-corrected chi connectivity index (χ4v) is 2.30. The molecule has 1 atom stereocenters. The average Bonchev–Trinajstić information content (AvgIpc) is 2.17. The minimum Gasteiger partial charge on any atom is -0.391 e. The van der Waals surface area contributed by atoms with Gasteiger partial charge in [0.1, 0.15) is 0 Å². The molecule has 0 fully saturated rings. The number of allylic oxidation sites excluding steroid dienone is 1. The highest BCUT2D eigenvalue weighted by Gasteiger charge is 2.36. The zero-order valence-electron chi connectivity index (χ0n) is 11.0. The predicted molar refractivity (Wildman–Crippen MR) is 67.1 cm³/mol. The average molecular weight is 213 g/mol. The number of hydrogen-bond acceptors (Lipinski definition) is 2. The lowest BCUT2D eigenvalue weighted by Gasteiger charge is -2.42. The van der Waals surface area contributed by atoms with Crippen LogP contribution in [-0.4, -0.2) is 35.7 Å². The second-order valence-corrected chi connectivity index (χ2v) is 4.72. The number of nitrogens with zero attached hydrogens (tertiary/aromatic N) is 1. The van der Waals surface area contributed by atoms with Crippen molar-refractivity contribution in [2.75, 3.05) is 14.1 Å². The first-order valence-electron chi connectivity index (χ1n) is 5.90. The van der Waals surface area contributed by atoms with Crippen LogP contribution in [0.5, 0.6) is 0 Å². The van der Waals surface area contributed by atoms with E-state index >= 15 is 0 Å². The van der Waals surface area contributed by atoms with E-state index in [1.807, 2.05) is 6.92 Å². The van der Waals surface area contributed by atoms with Gasteiger partial charge in [-0.05, 0) is 46.7 Å². The Labute approximate surface area is 95.0 Å². The molecular formula is C13H27NO. The Morgan fingerprint density at radius 1 is 1.33 bits per heavy atom. The van der Waals surface area contributed by atoms with Gasteiger partial charge < -0.3 is 10.0 Å². The summed E-state index contributed by atoms with van der Waals surface area (Å²) in [4.78, 5) is 2.16. The minimum atomic E-state index is -0.265. The number of hydrogen-bond donors (Lipinski definition) is 1. The number of aliphatic hydroxyl groups excluding tert-OH is 1. The van der Waals surface area contributed by atoms with Crippen molar-refractivity contribution in [1.29, 1.82) is 0 Å². The standard InChI is InChI=1S/C13H27NO/c1-7-13(8-2,14(5)6)12(15)10-9-11(3)4/h12,15H,3,7-10H2,1-2,4-6H3. The molecule has 2 nitrogen and oxygen atoms in total. The summed E-state index contributed by atoms with van der Waals surface area (Å²) in [6, 6.07) is 0. The summed E-state index contributed by atoms with van der Waals surface area (Å²) in [6.07, 6.45) is 3.42. The topological polar surface area (TPSA) is 23.5 Å². The van der Waals surface area contributed by atoms with E-state index in [2.05, 4.69) is 39.4 Å². The zero-order valence-corrected chi connectivity index (χ0v) is 11.0. The Balaban J connectivity index is 4.54. The Morgan fingerprint density at radius 3 is 2.07 bits per heavy atom. The molecule has 0 radical (unpaired) electrons. The summed E-state index contributed by atoms with van der Waals surface area (Å²) in [5.41, 5.74) is 1.07. The molecule has 0 aliphatic carbocycles. The highest BCUT2D eigenvalue weighted by molar-refractivity contribution is 4.96. The van der Waals surface area contributed by atoms with E-state index in [1.54, 1.807) is 0 Å². The van der Waals surface area contributed by atoms with Crippen LogP contribution in [0, 0.1) is 0 Å². The van der Waals surface area contributed by atoms with Gasteiger partial charge in [-0.15, -0.1) is 6.58 Å². The highest BCUT2D eigenvalue weighted by Crippen LogP contribution is 2.28. The van der Waals surface area contributed by atoms with Crippen LogP contribution >= 0.6 is 0 Å². The Bertz CT molecular complexity index is 195. The van der Waals surface area contributed by atoms with Crippen LogP contribution in [0.15, 0.2) is 12.2 Å². The maximum absolute atomic E-state index is 10.3. The maximum atomic E-state index is 10.3. The molecule has 0 aromatic carbocycles. The van der Waals surface area contributed by atoms with E-state index in [-0.39, 0.29) is 11.6 Å². The van der Waals surface area contributed by atoms with Crippen LogP contribution in [0.3, 0.4) is 0 Å². The quantitative estimate of drug-likeness (QED) is 0.657. The lowest BCUT2D eigenvalue weighted by Crippen LogP contribution is -2.52. The van der Waals surface area contributed by atoms with Crippen LogP contribution in [0.25, 0.3) is 0 Å². The summed E-state index contributed by atoms with van der Waals surface area (Å²) in [5, 5.41) is 10.3. The van der Waals surface area contributed by atoms with Crippen LogP contribution in [0.2, 0.25) is 0 Å². The first kappa shape index (κ1) is 14.7. The van der Waals surface area contributed by atoms with Crippen molar-refractivity contribution in [3.05, 3.63) is 12.2 Å². The molecule has 0 rings (SSSR count). The molecule has 15 heavy (non-hydrogen) atoms. The first-order chi connectivity index (χ1) is 6.90. The molecule has 0 amide bonds. The van der Waals surface area contributed by atoms with Gasteiger partial charge in [-0.3, -0.25) is 0 Å². The third kappa shape index (κ3) is 3.62. The van der Waals surface area contributed by atoms with Gasteiger partial charge in [0.15, 0.2) is 0 Å². The van der Waals surface area contributed by atoms with E-state index in [9.17, 15) is 5.11 Å². The van der Waals surface area contributed by atoms with E-state index < -0.39 is 0 Å². The molecule has 0 saturated carbocycles. The van der Waals surface area contributed by atoms with Gasteiger partial charge in [-0.1, -0.05) is 19.4 Å². The Hall–Kier alpha value is -0.340. The monoisotopic (exact) mass is 213 g/mol. The fraction of sp³-hybridized carbons (Fsp3) is 0.846. The van der Waals surface area contributed by atoms with Gasteiger partial charge in [0.2, 0.25) is 0 Å². The van der Waals surface area contributed by atoms with Crippen molar-refractivity contribution >= 4 is 0 Å². The SMILES string of the molecule is C=C(C)CCC(O)C(CC)(CC)N(C)C. The molecule has 0 heterocycles. The van der Waals surface area contributed by atoms with Crippen LogP contribution in [0.1, 0.15) is 46.5 Å². The molecular weight excluding hydrogens is 186 g/mol. The van der Waals surface area contributed by atoms with Gasteiger partial charge in [0, 0.05) is 5.54 Å². The number of rotatable bonds is 7. The fourth-order valence-electron chi connectivity index (χ4n) is 2.30. The van der Waals surface area contributed by atoms with Gasteiger partial charge in [-0.25, -0.2) is 0 Å². The molecule has 0 aromatic heterocycles. The lowest BCUT2D eigenvalue weighted by atomic mass is 9.82. The molecule has 0 aliphatic rings. The third-order valence-corrected chi connectivity index (χ3v) is 3.58. The van der Waals surface area contributed by atoms with E-state index in [0.717, 1.165) is 31.3 Å². The summed E-state index contributed by atoms with van der Waals surface area (Å²) in [6.45, 7) is 10.2. The van der Waals surface area contributed by atoms with Crippen molar-refractivity contribution in [2.24, 2.45) is 0 Å². The van der Waals surface area contributed by atoms with E-state index in [0.29, 0.717) is 0 Å². The summed E-state index contributed by atoms with van der Waals surface area (Å²) in [5.74, 6) is 0. The lowest BCUT2D eigenvalue weighted by molar-refractivity contribution is -0.0173. The maximum Gasteiger partial charge on any atom is 0.0726 e. The van der Waals surface area contributed by atoms with Crippen molar-refractivity contribution in [3.63, 3.8) is 0 Å². The van der Waals surface area contributed by atoms with E-state index in [4.69, 9.17) is 0 Å². The van der Waals surface area contributed by atoms with Gasteiger partial charge in [0.25, 0.3) is 0 Å². The predicted octanol–water partition coefficient (Wildman–Crippen LogP) is 2.82. The van der Waals surface area contributed by atoms with Crippen LogP contribution in [0.4, 0.5) is 0 Å². The summed E-state index contributed by atoms with van der Waals surface area (Å²) < 4.78 is 0. The van der Waals surface area contributed by atoms with Crippen LogP contribution in [-0.2, 0) is 0 Å². The summed E-state index contributed by atoms with van der Waals surface area (Å²) >= 11 is 0. The molecule has 1 unspecified atom stereocenters. The molecule has 0 bridgehead atoms. The number of aliphatic hydroxyl groups is 1. The minimum absolute atomic E-state index is 0.0740. The molecule has 0 aromatic rings. The van der Waals surface area contributed by atoms with Gasteiger partial charge in [0.05, 0.1) is 6.10 Å². The molecule has 0 spiro atoms. The largest absolute Gasteiger partial charge is 0.391 e. The molecule has 0 aliphatic heterocycles. The van der Waals surface area contributed by atoms with Gasteiger partial charge in [-0.2, -0.15) is 0 Å². The van der Waals surface area contributed by atoms with Crippen molar-refractivity contribution in [3.8, 4) is 0 Å².